The number of nitrogens with zero attached hydrogens (tertiary/aromatic N) is 6. The molecule has 1 N–H and O–H groups in total. The SMILES string of the molecule is CN1Cc2ccc(O)c(N=Nc3ccc(N=Nc4ccccc4)cc3)c2N1C.Cl. The molecule has 7 nitrogen and oxygen atoms in total. The van der Waals surface area contributed by atoms with Gasteiger partial charge in [0.15, 0.2) is 5.69 Å². The van der Waals surface area contributed by atoms with Crippen molar-refractivity contribution in [3.8, 4) is 5.75 Å². The van der Waals surface area contributed by atoms with E-state index in [0.29, 0.717) is 11.4 Å². The second kappa shape index (κ2) is 8.81. The van der Waals surface area contributed by atoms with Crippen LogP contribution in [0.15, 0.2) is 87.2 Å². The number of azo groups is 2. The van der Waals surface area contributed by atoms with Crippen LogP contribution in [0.1, 0.15) is 5.56 Å². The third-order valence-corrected chi connectivity index (χ3v) is 4.60. The Morgan fingerprint density at radius 1 is 0.724 bits per heavy atom. The minimum atomic E-state index is 0. The highest BCUT2D eigenvalue weighted by atomic mass is 35.5. The number of hydrogen-bond donors (Lipinski definition) is 1. The van der Waals surface area contributed by atoms with Crippen LogP contribution in [0.5, 0.6) is 5.75 Å². The molecule has 1 heterocycles. The van der Waals surface area contributed by atoms with Gasteiger partial charge in [-0.15, -0.1) is 17.5 Å². The first kappa shape index (κ1) is 20.4. The van der Waals surface area contributed by atoms with Crippen LogP contribution in [0.25, 0.3) is 0 Å². The van der Waals surface area contributed by atoms with E-state index < -0.39 is 0 Å². The summed E-state index contributed by atoms with van der Waals surface area (Å²) in [5, 5.41) is 31.3. The fourth-order valence-electron chi connectivity index (χ4n) is 3.03. The molecule has 1 aliphatic rings. The summed E-state index contributed by atoms with van der Waals surface area (Å²) in [6.07, 6.45) is 0. The normalized spacial score (nSPS) is 13.8. The molecule has 3 aromatic rings. The molecule has 1 aliphatic heterocycles. The van der Waals surface area contributed by atoms with Crippen LogP contribution >= 0.6 is 12.4 Å². The monoisotopic (exact) mass is 408 g/mol. The molecular formula is C21H21ClN6O. The Balaban J connectivity index is 0.00000240. The molecule has 0 aromatic heterocycles. The third-order valence-electron chi connectivity index (χ3n) is 4.60. The molecule has 0 spiro atoms. The summed E-state index contributed by atoms with van der Waals surface area (Å²) in [4.78, 5) is 0. The molecule has 0 bridgehead atoms. The van der Waals surface area contributed by atoms with Gasteiger partial charge in [0.1, 0.15) is 5.75 Å². The molecular weight excluding hydrogens is 388 g/mol. The minimum Gasteiger partial charge on any atom is -0.506 e. The Kier molecular flexibility index (Phi) is 6.21. The van der Waals surface area contributed by atoms with E-state index in [1.165, 1.54) is 0 Å². The average Bonchev–Trinajstić information content (AvgIpc) is 3.01. The molecule has 0 atom stereocenters. The Hall–Kier alpha value is -3.29. The zero-order valence-electron chi connectivity index (χ0n) is 16.1. The Bertz CT molecular complexity index is 1040. The number of hydrogen-bond acceptors (Lipinski definition) is 7. The maximum atomic E-state index is 10.3. The number of phenolic OH excluding ortho intramolecular Hbond substituents is 1. The van der Waals surface area contributed by atoms with Gasteiger partial charge in [-0.25, -0.2) is 5.01 Å². The van der Waals surface area contributed by atoms with Gasteiger partial charge in [-0.2, -0.15) is 15.3 Å². The van der Waals surface area contributed by atoms with Gasteiger partial charge in [0, 0.05) is 20.6 Å². The second-order valence-electron chi connectivity index (χ2n) is 6.53. The first-order valence-electron chi connectivity index (χ1n) is 8.90. The summed E-state index contributed by atoms with van der Waals surface area (Å²) in [6, 6.07) is 20.4. The van der Waals surface area contributed by atoms with E-state index in [4.69, 9.17) is 0 Å². The Morgan fingerprint density at radius 3 is 1.90 bits per heavy atom. The quantitative estimate of drug-likeness (QED) is 0.504. The standard InChI is InChI=1S/C21H20N6O.ClH/c1-26-14-15-8-13-19(28)20(21(15)27(26)2)25-24-18-11-9-17(10-12-18)23-22-16-6-4-3-5-7-16;/h3-13,28H,14H2,1-2H3;1H. The summed E-state index contributed by atoms with van der Waals surface area (Å²) < 4.78 is 0. The van der Waals surface area contributed by atoms with E-state index in [2.05, 4.69) is 25.5 Å². The molecule has 0 saturated heterocycles. The summed E-state index contributed by atoms with van der Waals surface area (Å²) in [7, 11) is 3.93. The maximum Gasteiger partial charge on any atom is 0.152 e. The van der Waals surface area contributed by atoms with Crippen molar-refractivity contribution in [3.05, 3.63) is 72.3 Å². The van der Waals surface area contributed by atoms with Crippen molar-refractivity contribution in [2.24, 2.45) is 20.5 Å². The predicted octanol–water partition coefficient (Wildman–Crippen LogP) is 6.44. The number of aromatic hydroxyl groups is 1. The minimum absolute atomic E-state index is 0. The second-order valence-corrected chi connectivity index (χ2v) is 6.53. The summed E-state index contributed by atoms with van der Waals surface area (Å²) in [6.45, 7) is 0.774. The van der Waals surface area contributed by atoms with Crippen LogP contribution in [0, 0.1) is 0 Å². The van der Waals surface area contributed by atoms with Gasteiger partial charge in [0.2, 0.25) is 0 Å². The van der Waals surface area contributed by atoms with E-state index >= 15 is 0 Å². The van der Waals surface area contributed by atoms with Gasteiger partial charge >= 0.3 is 0 Å². The van der Waals surface area contributed by atoms with Crippen molar-refractivity contribution in [1.29, 1.82) is 0 Å². The topological polar surface area (TPSA) is 76.1 Å². The predicted molar refractivity (Wildman–Crippen MR) is 116 cm³/mol. The van der Waals surface area contributed by atoms with Crippen molar-refractivity contribution >= 4 is 40.8 Å². The molecule has 148 valence electrons. The molecule has 0 radical (unpaired) electrons. The van der Waals surface area contributed by atoms with Gasteiger partial charge in [0.25, 0.3) is 0 Å². The lowest BCUT2D eigenvalue weighted by atomic mass is 10.1. The Morgan fingerprint density at radius 2 is 1.28 bits per heavy atom. The fraction of sp³-hybridized carbons (Fsp3) is 0.143. The molecule has 8 heteroatoms. The number of halogens is 1. The molecule has 0 amide bonds. The average molecular weight is 409 g/mol. The van der Waals surface area contributed by atoms with Gasteiger partial charge in [-0.05, 0) is 48.0 Å². The highest BCUT2D eigenvalue weighted by Crippen LogP contribution is 2.44. The third kappa shape index (κ3) is 4.42. The number of fused-ring (bicyclic) bond motifs is 1. The number of phenols is 1. The van der Waals surface area contributed by atoms with Crippen LogP contribution in [-0.4, -0.2) is 24.2 Å². The van der Waals surface area contributed by atoms with E-state index in [-0.39, 0.29) is 18.2 Å². The Labute approximate surface area is 175 Å². The van der Waals surface area contributed by atoms with Crippen molar-refractivity contribution in [2.75, 3.05) is 19.1 Å². The van der Waals surface area contributed by atoms with Gasteiger partial charge in [-0.1, -0.05) is 24.3 Å². The van der Waals surface area contributed by atoms with Crippen molar-refractivity contribution in [2.45, 2.75) is 6.54 Å². The van der Waals surface area contributed by atoms with Gasteiger partial charge in [-0.3, -0.25) is 0 Å². The molecule has 29 heavy (non-hydrogen) atoms. The largest absolute Gasteiger partial charge is 0.506 e. The number of anilines is 1. The molecule has 0 aliphatic carbocycles. The molecule has 0 unspecified atom stereocenters. The van der Waals surface area contributed by atoms with Crippen molar-refractivity contribution < 1.29 is 5.11 Å². The van der Waals surface area contributed by atoms with E-state index in [1.54, 1.807) is 6.07 Å². The lowest BCUT2D eigenvalue weighted by Gasteiger charge is -2.22. The first-order chi connectivity index (χ1) is 13.6. The number of benzene rings is 3. The molecule has 0 fully saturated rings. The van der Waals surface area contributed by atoms with Crippen LogP contribution in [0.3, 0.4) is 0 Å². The van der Waals surface area contributed by atoms with Crippen LogP contribution < -0.4 is 5.01 Å². The smallest absolute Gasteiger partial charge is 0.152 e. The molecule has 3 aromatic carbocycles. The van der Waals surface area contributed by atoms with Gasteiger partial charge in [0.05, 0.1) is 22.7 Å². The maximum absolute atomic E-state index is 10.3. The van der Waals surface area contributed by atoms with Crippen molar-refractivity contribution in [3.63, 3.8) is 0 Å². The van der Waals surface area contributed by atoms with E-state index in [9.17, 15) is 5.11 Å². The van der Waals surface area contributed by atoms with Crippen LogP contribution in [-0.2, 0) is 6.54 Å². The molecule has 4 rings (SSSR count). The lowest BCUT2D eigenvalue weighted by Crippen LogP contribution is -2.29. The summed E-state index contributed by atoms with van der Waals surface area (Å²) >= 11 is 0. The lowest BCUT2D eigenvalue weighted by molar-refractivity contribution is 0.345. The van der Waals surface area contributed by atoms with Crippen LogP contribution in [0.4, 0.5) is 28.4 Å². The van der Waals surface area contributed by atoms with E-state index in [1.807, 2.05) is 79.8 Å². The van der Waals surface area contributed by atoms with Crippen LogP contribution in [0.2, 0.25) is 0 Å². The zero-order valence-corrected chi connectivity index (χ0v) is 16.9. The molecule has 0 saturated carbocycles. The summed E-state index contributed by atoms with van der Waals surface area (Å²) in [5.41, 5.74) is 4.65. The highest BCUT2D eigenvalue weighted by molar-refractivity contribution is 5.85. The van der Waals surface area contributed by atoms with E-state index in [0.717, 1.165) is 29.2 Å². The number of hydrazine groups is 1. The zero-order chi connectivity index (χ0) is 19.5. The first-order valence-corrected chi connectivity index (χ1v) is 8.90. The van der Waals surface area contributed by atoms with Gasteiger partial charge < -0.3 is 10.1 Å². The highest BCUT2D eigenvalue weighted by Gasteiger charge is 2.26. The fourth-order valence-corrected chi connectivity index (χ4v) is 3.03. The van der Waals surface area contributed by atoms with Crippen molar-refractivity contribution in [1.82, 2.24) is 5.01 Å². The summed E-state index contributed by atoms with van der Waals surface area (Å²) in [5.74, 6) is 0.109. The number of rotatable bonds is 4.